The number of hydrogen-bond acceptors (Lipinski definition) is 2. The molecule has 0 N–H and O–H groups in total. The minimum absolute atomic E-state index is 0.0393. The normalized spacial score (nSPS) is 10.5. The molecule has 5 heteroatoms. The highest BCUT2D eigenvalue weighted by atomic mass is 19.1. The van der Waals surface area contributed by atoms with Crippen LogP contribution in [0.2, 0.25) is 0 Å². The molecule has 0 heterocycles. The SMILES string of the molecule is CC(=O)c1c(F)cccc1N(C)Cc1ccc(F)cc1F. The molecular weight excluding hydrogens is 279 g/mol. The van der Waals surface area contributed by atoms with Crippen LogP contribution < -0.4 is 4.90 Å². The first-order chi connectivity index (χ1) is 9.90. The van der Waals surface area contributed by atoms with Gasteiger partial charge in [0.1, 0.15) is 17.5 Å². The first-order valence-corrected chi connectivity index (χ1v) is 6.34. The van der Waals surface area contributed by atoms with Crippen LogP contribution in [0.4, 0.5) is 18.9 Å². The van der Waals surface area contributed by atoms with Crippen molar-refractivity contribution in [2.24, 2.45) is 0 Å². The Bertz CT molecular complexity index is 685. The van der Waals surface area contributed by atoms with Gasteiger partial charge in [-0.05, 0) is 25.1 Å². The summed E-state index contributed by atoms with van der Waals surface area (Å²) in [5.74, 6) is -2.36. The molecule has 2 nitrogen and oxygen atoms in total. The Morgan fingerprint density at radius 3 is 2.43 bits per heavy atom. The van der Waals surface area contributed by atoms with Gasteiger partial charge in [-0.1, -0.05) is 12.1 Å². The molecule has 0 atom stereocenters. The molecule has 0 aliphatic heterocycles. The van der Waals surface area contributed by atoms with Crippen molar-refractivity contribution in [2.45, 2.75) is 13.5 Å². The van der Waals surface area contributed by atoms with E-state index in [4.69, 9.17) is 0 Å². The van der Waals surface area contributed by atoms with E-state index in [0.29, 0.717) is 5.69 Å². The van der Waals surface area contributed by atoms with E-state index in [0.717, 1.165) is 12.1 Å². The molecule has 0 unspecified atom stereocenters. The van der Waals surface area contributed by atoms with Gasteiger partial charge < -0.3 is 4.90 Å². The maximum Gasteiger partial charge on any atom is 0.164 e. The van der Waals surface area contributed by atoms with Crippen LogP contribution in [0.25, 0.3) is 0 Å². The molecule has 0 spiro atoms. The molecule has 0 amide bonds. The highest BCUT2D eigenvalue weighted by Crippen LogP contribution is 2.25. The molecule has 2 aromatic carbocycles. The molecule has 0 radical (unpaired) electrons. The lowest BCUT2D eigenvalue weighted by Crippen LogP contribution is -2.20. The highest BCUT2D eigenvalue weighted by Gasteiger charge is 2.17. The second-order valence-electron chi connectivity index (χ2n) is 4.78. The number of halogens is 3. The quantitative estimate of drug-likeness (QED) is 0.796. The average molecular weight is 293 g/mol. The summed E-state index contributed by atoms with van der Waals surface area (Å²) >= 11 is 0. The average Bonchev–Trinajstić information content (AvgIpc) is 2.41. The van der Waals surface area contributed by atoms with Crippen molar-refractivity contribution < 1.29 is 18.0 Å². The van der Waals surface area contributed by atoms with Crippen molar-refractivity contribution in [3.05, 3.63) is 65.0 Å². The zero-order chi connectivity index (χ0) is 15.6. The summed E-state index contributed by atoms with van der Waals surface area (Å²) in [6.45, 7) is 1.37. The van der Waals surface area contributed by atoms with Crippen molar-refractivity contribution in [1.82, 2.24) is 0 Å². The van der Waals surface area contributed by atoms with Crippen LogP contribution in [0, 0.1) is 17.5 Å². The molecule has 2 rings (SSSR count). The van der Waals surface area contributed by atoms with Crippen LogP contribution in [-0.4, -0.2) is 12.8 Å². The maximum absolute atomic E-state index is 13.8. The fourth-order valence-electron chi connectivity index (χ4n) is 2.17. The molecule has 0 aromatic heterocycles. The molecule has 21 heavy (non-hydrogen) atoms. The molecule has 0 aliphatic carbocycles. The van der Waals surface area contributed by atoms with E-state index in [9.17, 15) is 18.0 Å². The lowest BCUT2D eigenvalue weighted by atomic mass is 10.1. The van der Waals surface area contributed by atoms with Gasteiger partial charge in [-0.25, -0.2) is 13.2 Å². The Labute approximate surface area is 120 Å². The van der Waals surface area contributed by atoms with Crippen molar-refractivity contribution in [3.8, 4) is 0 Å². The van der Waals surface area contributed by atoms with E-state index >= 15 is 0 Å². The predicted octanol–water partition coefficient (Wildman–Crippen LogP) is 3.94. The van der Waals surface area contributed by atoms with Crippen molar-refractivity contribution in [3.63, 3.8) is 0 Å². The monoisotopic (exact) mass is 293 g/mol. The smallest absolute Gasteiger partial charge is 0.164 e. The van der Waals surface area contributed by atoms with Crippen molar-refractivity contribution >= 4 is 11.5 Å². The van der Waals surface area contributed by atoms with Gasteiger partial charge in [-0.2, -0.15) is 0 Å². The zero-order valence-electron chi connectivity index (χ0n) is 11.7. The van der Waals surface area contributed by atoms with E-state index in [2.05, 4.69) is 0 Å². The van der Waals surface area contributed by atoms with E-state index in [1.54, 1.807) is 18.0 Å². The number of ketones is 1. The molecule has 0 fully saturated rings. The van der Waals surface area contributed by atoms with Gasteiger partial charge in [-0.3, -0.25) is 4.79 Å². The summed E-state index contributed by atoms with van der Waals surface area (Å²) in [5, 5.41) is 0. The molecule has 110 valence electrons. The third-order valence-corrected chi connectivity index (χ3v) is 3.18. The van der Waals surface area contributed by atoms with E-state index < -0.39 is 23.2 Å². The largest absolute Gasteiger partial charge is 0.369 e. The van der Waals surface area contributed by atoms with Crippen molar-refractivity contribution in [1.29, 1.82) is 0 Å². The lowest BCUT2D eigenvalue weighted by Gasteiger charge is -2.22. The van der Waals surface area contributed by atoms with Crippen LogP contribution in [-0.2, 0) is 6.54 Å². The van der Waals surface area contributed by atoms with Crippen LogP contribution in [0.1, 0.15) is 22.8 Å². The number of rotatable bonds is 4. The number of nitrogens with zero attached hydrogens (tertiary/aromatic N) is 1. The van der Waals surface area contributed by atoms with Crippen LogP contribution in [0.5, 0.6) is 0 Å². The summed E-state index contributed by atoms with van der Waals surface area (Å²) in [6.07, 6.45) is 0. The summed E-state index contributed by atoms with van der Waals surface area (Å²) in [5.41, 5.74) is 0.589. The molecule has 0 bridgehead atoms. The number of hydrogen-bond donors (Lipinski definition) is 0. The van der Waals surface area contributed by atoms with Crippen LogP contribution in [0.3, 0.4) is 0 Å². The molecule has 2 aromatic rings. The molecule has 0 saturated carbocycles. The van der Waals surface area contributed by atoms with Gasteiger partial charge in [0, 0.05) is 25.2 Å². The first kappa shape index (κ1) is 15.1. The van der Waals surface area contributed by atoms with Gasteiger partial charge in [0.05, 0.1) is 11.3 Å². The Kier molecular flexibility index (Phi) is 4.31. The second-order valence-corrected chi connectivity index (χ2v) is 4.78. The van der Waals surface area contributed by atoms with Crippen LogP contribution in [0.15, 0.2) is 36.4 Å². The lowest BCUT2D eigenvalue weighted by molar-refractivity contribution is 0.101. The molecule has 0 saturated heterocycles. The van der Waals surface area contributed by atoms with E-state index in [-0.39, 0.29) is 17.7 Å². The van der Waals surface area contributed by atoms with Crippen LogP contribution >= 0.6 is 0 Å². The van der Waals surface area contributed by atoms with Gasteiger partial charge in [0.25, 0.3) is 0 Å². The zero-order valence-corrected chi connectivity index (χ0v) is 11.7. The molecule has 0 aliphatic rings. The van der Waals surface area contributed by atoms with Gasteiger partial charge in [0.15, 0.2) is 5.78 Å². The number of carbonyl (C=O) groups is 1. The predicted molar refractivity (Wildman–Crippen MR) is 74.9 cm³/mol. The van der Waals surface area contributed by atoms with Gasteiger partial charge in [0.2, 0.25) is 0 Å². The standard InChI is InChI=1S/C16H14F3NO/c1-10(21)16-13(18)4-3-5-15(16)20(2)9-11-6-7-12(17)8-14(11)19/h3-8H,9H2,1-2H3. The summed E-state index contributed by atoms with van der Waals surface area (Å²) in [7, 11) is 1.62. The maximum atomic E-state index is 13.8. The van der Waals surface area contributed by atoms with Crippen molar-refractivity contribution in [2.75, 3.05) is 11.9 Å². The summed E-state index contributed by atoms with van der Waals surface area (Å²) < 4.78 is 40.3. The second kappa shape index (κ2) is 5.99. The highest BCUT2D eigenvalue weighted by molar-refractivity contribution is 6.00. The number of carbonyl (C=O) groups excluding carboxylic acids is 1. The fraction of sp³-hybridized carbons (Fsp3) is 0.188. The fourth-order valence-corrected chi connectivity index (χ4v) is 2.17. The topological polar surface area (TPSA) is 20.3 Å². The minimum atomic E-state index is -0.678. The van der Waals surface area contributed by atoms with Gasteiger partial charge in [-0.15, -0.1) is 0 Å². The third-order valence-electron chi connectivity index (χ3n) is 3.18. The van der Waals surface area contributed by atoms with Gasteiger partial charge >= 0.3 is 0 Å². The third kappa shape index (κ3) is 3.24. The first-order valence-electron chi connectivity index (χ1n) is 6.34. The number of Topliss-reactive ketones (excluding diaryl/α,β-unsaturated/α-hetero) is 1. The Hall–Kier alpha value is -2.30. The number of benzene rings is 2. The Balaban J connectivity index is 2.35. The minimum Gasteiger partial charge on any atom is -0.369 e. The molecular formula is C16H14F3NO. The Morgan fingerprint density at radius 1 is 1.10 bits per heavy atom. The van der Waals surface area contributed by atoms with E-state index in [1.165, 1.54) is 25.1 Å². The Morgan fingerprint density at radius 2 is 1.81 bits per heavy atom. The van der Waals surface area contributed by atoms with E-state index in [1.807, 2.05) is 0 Å². The number of anilines is 1. The summed E-state index contributed by atoms with van der Waals surface area (Å²) in [4.78, 5) is 13.1. The summed E-state index contributed by atoms with van der Waals surface area (Å²) in [6, 6.07) is 7.54.